The number of rotatable bonds is 4. The minimum absolute atomic E-state index is 0.639. The molecule has 7 heteroatoms. The van der Waals surface area contributed by atoms with Crippen LogP contribution in [0.15, 0.2) is 24.4 Å². The predicted octanol–water partition coefficient (Wildman–Crippen LogP) is 1.85. The quantitative estimate of drug-likeness (QED) is 0.853. The molecule has 0 N–H and O–H groups in total. The second kappa shape index (κ2) is 6.89. The summed E-state index contributed by atoms with van der Waals surface area (Å²) in [6, 6.07) is 5.89. The maximum absolute atomic E-state index is 11.4. The highest BCUT2D eigenvalue weighted by molar-refractivity contribution is 7.85. The predicted molar refractivity (Wildman–Crippen MR) is 88.5 cm³/mol. The average Bonchev–Trinajstić information content (AvgIpc) is 2.92. The van der Waals surface area contributed by atoms with Gasteiger partial charge in [0.25, 0.3) is 0 Å². The Balaban J connectivity index is 1.62. The fourth-order valence-electron chi connectivity index (χ4n) is 2.56. The molecule has 0 atom stereocenters. The molecular weight excluding hydrogens is 320 g/mol. The van der Waals surface area contributed by atoms with E-state index >= 15 is 0 Å². The van der Waals surface area contributed by atoms with Crippen molar-refractivity contribution in [3.05, 3.63) is 46.2 Å². The number of hydrogen-bond donors (Lipinski definition) is 0. The van der Waals surface area contributed by atoms with Gasteiger partial charge in [-0.15, -0.1) is 5.10 Å². The van der Waals surface area contributed by atoms with Gasteiger partial charge in [-0.2, -0.15) is 0 Å². The Hall–Kier alpha value is -1.24. The standard InChI is InChI=1S/C15H19ClN4OS/c1-12-8-14(16)3-2-13(12)9-20-11-15(17-18-20)10-19-4-6-22(21)7-5-19/h2-3,8,11H,4-7,9-10H2,1H3. The van der Waals surface area contributed by atoms with E-state index in [0.29, 0.717) is 6.54 Å². The van der Waals surface area contributed by atoms with Gasteiger partial charge >= 0.3 is 0 Å². The Morgan fingerprint density at radius 2 is 2.05 bits per heavy atom. The monoisotopic (exact) mass is 338 g/mol. The van der Waals surface area contributed by atoms with Crippen molar-refractivity contribution in [1.82, 2.24) is 19.9 Å². The van der Waals surface area contributed by atoms with E-state index in [1.807, 2.05) is 36.0 Å². The lowest BCUT2D eigenvalue weighted by Crippen LogP contribution is -2.37. The van der Waals surface area contributed by atoms with E-state index in [0.717, 1.165) is 47.4 Å². The largest absolute Gasteiger partial charge is 0.296 e. The summed E-state index contributed by atoms with van der Waals surface area (Å²) < 4.78 is 13.2. The first-order chi connectivity index (χ1) is 10.6. The zero-order valence-electron chi connectivity index (χ0n) is 12.5. The fourth-order valence-corrected chi connectivity index (χ4v) is 3.92. The number of nitrogens with zero attached hydrogens (tertiary/aromatic N) is 4. The van der Waals surface area contributed by atoms with Crippen LogP contribution in [0.2, 0.25) is 5.02 Å². The summed E-state index contributed by atoms with van der Waals surface area (Å²) in [6.07, 6.45) is 1.99. The smallest absolute Gasteiger partial charge is 0.0967 e. The molecule has 0 radical (unpaired) electrons. The van der Waals surface area contributed by atoms with Crippen molar-refractivity contribution in [3.63, 3.8) is 0 Å². The summed E-state index contributed by atoms with van der Waals surface area (Å²) in [5.41, 5.74) is 3.30. The topological polar surface area (TPSA) is 51.0 Å². The van der Waals surface area contributed by atoms with Crippen LogP contribution in [-0.4, -0.2) is 48.7 Å². The first kappa shape index (κ1) is 15.6. The maximum atomic E-state index is 11.4. The summed E-state index contributed by atoms with van der Waals surface area (Å²) in [7, 11) is -0.639. The number of halogens is 1. The Morgan fingerprint density at radius 1 is 1.27 bits per heavy atom. The summed E-state index contributed by atoms with van der Waals surface area (Å²) in [5.74, 6) is 1.52. The number of aromatic nitrogens is 3. The third-order valence-electron chi connectivity index (χ3n) is 3.88. The third kappa shape index (κ3) is 3.94. The van der Waals surface area contributed by atoms with E-state index in [-0.39, 0.29) is 0 Å². The van der Waals surface area contributed by atoms with Crippen LogP contribution in [0.25, 0.3) is 0 Å². The van der Waals surface area contributed by atoms with Crippen molar-refractivity contribution in [2.75, 3.05) is 24.6 Å². The molecule has 0 saturated carbocycles. The zero-order chi connectivity index (χ0) is 15.5. The lowest BCUT2D eigenvalue weighted by molar-refractivity contribution is 0.288. The van der Waals surface area contributed by atoms with Crippen molar-refractivity contribution >= 4 is 22.4 Å². The molecule has 1 aromatic carbocycles. The molecule has 118 valence electrons. The van der Waals surface area contributed by atoms with Gasteiger partial charge in [-0.3, -0.25) is 9.11 Å². The Bertz CT molecular complexity index is 678. The Morgan fingerprint density at radius 3 is 2.77 bits per heavy atom. The van der Waals surface area contributed by atoms with E-state index < -0.39 is 10.8 Å². The van der Waals surface area contributed by atoms with Gasteiger partial charge in [0.2, 0.25) is 0 Å². The summed E-state index contributed by atoms with van der Waals surface area (Å²) in [5, 5.41) is 9.20. The fraction of sp³-hybridized carbons (Fsp3) is 0.467. The molecule has 1 aromatic heterocycles. The van der Waals surface area contributed by atoms with Crippen LogP contribution in [0, 0.1) is 6.92 Å². The van der Waals surface area contributed by atoms with E-state index in [2.05, 4.69) is 15.2 Å². The molecule has 1 aliphatic rings. The second-order valence-electron chi connectivity index (χ2n) is 5.60. The summed E-state index contributed by atoms with van der Waals surface area (Å²) in [4.78, 5) is 2.28. The molecule has 0 bridgehead atoms. The van der Waals surface area contributed by atoms with E-state index in [4.69, 9.17) is 11.6 Å². The van der Waals surface area contributed by atoms with E-state index in [1.54, 1.807) is 0 Å². The van der Waals surface area contributed by atoms with Gasteiger partial charge in [0, 0.05) is 47.0 Å². The van der Waals surface area contributed by atoms with E-state index in [9.17, 15) is 4.21 Å². The van der Waals surface area contributed by atoms with Gasteiger partial charge < -0.3 is 0 Å². The van der Waals surface area contributed by atoms with Gasteiger partial charge in [0.15, 0.2) is 0 Å². The van der Waals surface area contributed by atoms with Crippen LogP contribution in [0.5, 0.6) is 0 Å². The summed E-state index contributed by atoms with van der Waals surface area (Å²) >= 11 is 5.98. The number of benzene rings is 1. The molecular formula is C15H19ClN4OS. The van der Waals surface area contributed by atoms with Crippen molar-refractivity contribution in [2.24, 2.45) is 0 Å². The van der Waals surface area contributed by atoms with Gasteiger partial charge in [-0.25, -0.2) is 4.68 Å². The second-order valence-corrected chi connectivity index (χ2v) is 7.74. The molecule has 1 fully saturated rings. The highest BCUT2D eigenvalue weighted by Crippen LogP contribution is 2.16. The van der Waals surface area contributed by atoms with Crippen LogP contribution in [0.3, 0.4) is 0 Å². The Kier molecular flexibility index (Phi) is 4.90. The molecule has 0 unspecified atom stereocenters. The van der Waals surface area contributed by atoms with Crippen molar-refractivity contribution < 1.29 is 4.21 Å². The minimum Gasteiger partial charge on any atom is -0.296 e. The van der Waals surface area contributed by atoms with Crippen LogP contribution in [0.4, 0.5) is 0 Å². The molecule has 0 spiro atoms. The van der Waals surface area contributed by atoms with Gasteiger partial charge in [0.1, 0.15) is 0 Å². The molecule has 1 aliphatic heterocycles. The average molecular weight is 339 g/mol. The van der Waals surface area contributed by atoms with Crippen LogP contribution >= 0.6 is 11.6 Å². The molecule has 2 aromatic rings. The zero-order valence-corrected chi connectivity index (χ0v) is 14.1. The maximum Gasteiger partial charge on any atom is 0.0967 e. The third-order valence-corrected chi connectivity index (χ3v) is 5.39. The minimum atomic E-state index is -0.639. The van der Waals surface area contributed by atoms with Crippen LogP contribution in [0.1, 0.15) is 16.8 Å². The lowest BCUT2D eigenvalue weighted by atomic mass is 10.1. The molecule has 5 nitrogen and oxygen atoms in total. The van der Waals surface area contributed by atoms with Gasteiger partial charge in [-0.1, -0.05) is 22.9 Å². The first-order valence-corrected chi connectivity index (χ1v) is 9.18. The molecule has 1 saturated heterocycles. The van der Waals surface area contributed by atoms with Gasteiger partial charge in [-0.05, 0) is 30.2 Å². The highest BCUT2D eigenvalue weighted by atomic mass is 35.5. The normalized spacial score (nSPS) is 17.0. The number of aryl methyl sites for hydroxylation is 1. The van der Waals surface area contributed by atoms with E-state index in [1.165, 1.54) is 5.56 Å². The molecule has 22 heavy (non-hydrogen) atoms. The van der Waals surface area contributed by atoms with Gasteiger partial charge in [0.05, 0.1) is 18.4 Å². The molecule has 3 rings (SSSR count). The van der Waals surface area contributed by atoms with Crippen LogP contribution < -0.4 is 0 Å². The van der Waals surface area contributed by atoms with Crippen molar-refractivity contribution in [3.8, 4) is 0 Å². The molecule has 0 amide bonds. The molecule has 2 heterocycles. The number of hydrogen-bond acceptors (Lipinski definition) is 4. The summed E-state index contributed by atoms with van der Waals surface area (Å²) in [6.45, 7) is 5.26. The van der Waals surface area contributed by atoms with Crippen LogP contribution in [-0.2, 0) is 23.9 Å². The van der Waals surface area contributed by atoms with Crippen molar-refractivity contribution in [2.45, 2.75) is 20.0 Å². The molecule has 0 aliphatic carbocycles. The lowest BCUT2D eigenvalue weighted by Gasteiger charge is -2.24. The SMILES string of the molecule is Cc1cc(Cl)ccc1Cn1cc(CN2CCS(=O)CC2)nn1. The first-order valence-electron chi connectivity index (χ1n) is 7.31. The van der Waals surface area contributed by atoms with Crippen molar-refractivity contribution in [1.29, 1.82) is 0 Å². The Labute approximate surface area is 137 Å². The highest BCUT2D eigenvalue weighted by Gasteiger charge is 2.16.